The van der Waals surface area contributed by atoms with Crippen LogP contribution in [0.2, 0.25) is 0 Å². The van der Waals surface area contributed by atoms with Gasteiger partial charge in [0.15, 0.2) is 0 Å². The van der Waals surface area contributed by atoms with Gasteiger partial charge in [0.1, 0.15) is 0 Å². The molecule has 1 heteroatoms. The van der Waals surface area contributed by atoms with Gasteiger partial charge in [0.05, 0.1) is 0 Å². The molecular formula is C15H19N. The minimum Gasteiger partial charge on any atom is -0.301 e. The Bertz CT molecular complexity index is 368. The lowest BCUT2D eigenvalue weighted by molar-refractivity contribution is 0.0775. The van der Waals surface area contributed by atoms with Crippen LogP contribution in [-0.4, -0.2) is 24.5 Å². The molecule has 1 nitrogen and oxygen atoms in total. The molecule has 1 saturated heterocycles. The summed E-state index contributed by atoms with van der Waals surface area (Å²) in [6.45, 7) is 5.83. The highest BCUT2D eigenvalue weighted by atomic mass is 15.2. The molecule has 1 aliphatic heterocycles. The average Bonchev–Trinajstić information content (AvgIpc) is 2.28. The summed E-state index contributed by atoms with van der Waals surface area (Å²) in [7, 11) is 0. The topological polar surface area (TPSA) is 3.24 Å². The van der Waals surface area contributed by atoms with Crippen molar-refractivity contribution in [2.24, 2.45) is 0 Å². The Morgan fingerprint density at radius 1 is 1.31 bits per heavy atom. The molecule has 2 rings (SSSR count). The molecule has 0 bridgehead atoms. The van der Waals surface area contributed by atoms with Gasteiger partial charge in [0.2, 0.25) is 0 Å². The molecule has 1 fully saturated rings. The van der Waals surface area contributed by atoms with Gasteiger partial charge >= 0.3 is 0 Å². The van der Waals surface area contributed by atoms with E-state index < -0.39 is 0 Å². The minimum absolute atomic E-state index is 0.359. The smallest absolute Gasteiger partial charge is 0.0179 e. The van der Waals surface area contributed by atoms with Crippen LogP contribution in [0.5, 0.6) is 0 Å². The molecule has 0 radical (unpaired) electrons. The van der Waals surface area contributed by atoms with Gasteiger partial charge in [-0.3, -0.25) is 0 Å². The minimum atomic E-state index is 0.359. The lowest BCUT2D eigenvalue weighted by atomic mass is 9.75. The number of hydrogen-bond donors (Lipinski definition) is 0. The molecular weight excluding hydrogens is 194 g/mol. The maximum absolute atomic E-state index is 5.25. The van der Waals surface area contributed by atoms with Crippen molar-refractivity contribution < 1.29 is 0 Å². The number of hydrogen-bond acceptors (Lipinski definition) is 1. The Morgan fingerprint density at radius 2 is 2.00 bits per heavy atom. The van der Waals surface area contributed by atoms with Gasteiger partial charge in [-0.1, -0.05) is 37.3 Å². The average molecular weight is 213 g/mol. The van der Waals surface area contributed by atoms with Crippen LogP contribution in [0.4, 0.5) is 0 Å². The first kappa shape index (κ1) is 11.2. The van der Waals surface area contributed by atoms with Crippen molar-refractivity contribution in [3.63, 3.8) is 0 Å². The van der Waals surface area contributed by atoms with E-state index in [9.17, 15) is 0 Å². The maximum Gasteiger partial charge on any atom is 0.0179 e. The van der Waals surface area contributed by atoms with Gasteiger partial charge in [0, 0.05) is 24.9 Å². The first-order valence-electron chi connectivity index (χ1n) is 5.96. The van der Waals surface area contributed by atoms with Crippen LogP contribution in [0.1, 0.15) is 25.3 Å². The Hall–Kier alpha value is -1.26. The highest BCUT2D eigenvalue weighted by molar-refractivity contribution is 5.28. The van der Waals surface area contributed by atoms with E-state index in [1.54, 1.807) is 0 Å². The molecule has 0 amide bonds. The molecule has 0 N–H and O–H groups in total. The highest BCUT2D eigenvalue weighted by Gasteiger charge is 2.39. The summed E-state index contributed by atoms with van der Waals surface area (Å²) in [5.41, 5.74) is 1.82. The normalized spacial score (nSPS) is 18.8. The zero-order chi connectivity index (χ0) is 11.4. The number of benzene rings is 1. The zero-order valence-electron chi connectivity index (χ0n) is 9.95. The Balaban J connectivity index is 1.85. The molecule has 1 aromatic carbocycles. The van der Waals surface area contributed by atoms with Crippen LogP contribution >= 0.6 is 0 Å². The number of rotatable bonds is 4. The van der Waals surface area contributed by atoms with Crippen molar-refractivity contribution in [3.8, 4) is 12.3 Å². The summed E-state index contributed by atoms with van der Waals surface area (Å²) in [4.78, 5) is 2.49. The predicted molar refractivity (Wildman–Crippen MR) is 68.3 cm³/mol. The van der Waals surface area contributed by atoms with E-state index in [1.807, 2.05) is 0 Å². The molecule has 1 aromatic rings. The number of nitrogens with zero attached hydrogens (tertiary/aromatic N) is 1. The second-order valence-electron chi connectivity index (χ2n) is 4.95. The van der Waals surface area contributed by atoms with Gasteiger partial charge in [-0.2, -0.15) is 0 Å². The van der Waals surface area contributed by atoms with Crippen molar-refractivity contribution in [2.45, 2.75) is 25.2 Å². The van der Waals surface area contributed by atoms with Gasteiger partial charge in [-0.15, -0.1) is 12.3 Å². The third-order valence-electron chi connectivity index (χ3n) is 3.41. The lowest BCUT2D eigenvalue weighted by Crippen LogP contribution is -2.57. The Morgan fingerprint density at radius 3 is 2.62 bits per heavy atom. The summed E-state index contributed by atoms with van der Waals surface area (Å²) in [6.07, 6.45) is 7.28. The Kier molecular flexibility index (Phi) is 3.31. The van der Waals surface area contributed by atoms with Crippen LogP contribution in [-0.2, 0) is 5.41 Å². The first-order valence-corrected chi connectivity index (χ1v) is 5.96. The molecule has 0 aromatic heterocycles. The van der Waals surface area contributed by atoms with Crippen LogP contribution < -0.4 is 0 Å². The van der Waals surface area contributed by atoms with Gasteiger partial charge in [-0.25, -0.2) is 0 Å². The Labute approximate surface area is 98.5 Å². The third kappa shape index (κ3) is 2.28. The zero-order valence-corrected chi connectivity index (χ0v) is 9.95. The largest absolute Gasteiger partial charge is 0.301 e. The number of unbranched alkanes of at least 4 members (excludes halogenated alkanes) is 1. The molecule has 16 heavy (non-hydrogen) atoms. The second kappa shape index (κ2) is 4.72. The fourth-order valence-corrected chi connectivity index (χ4v) is 2.53. The summed E-state index contributed by atoms with van der Waals surface area (Å²) in [5, 5.41) is 0. The van der Waals surface area contributed by atoms with E-state index in [2.05, 4.69) is 48.1 Å². The molecule has 1 aliphatic rings. The SMILES string of the molecule is C#CCCCN1CC(C)(c2ccccc2)C1. The fourth-order valence-electron chi connectivity index (χ4n) is 2.53. The molecule has 1 heterocycles. The van der Waals surface area contributed by atoms with Crippen molar-refractivity contribution >= 4 is 0 Å². The van der Waals surface area contributed by atoms with E-state index in [1.165, 1.54) is 18.7 Å². The van der Waals surface area contributed by atoms with Crippen LogP contribution in [0.3, 0.4) is 0 Å². The van der Waals surface area contributed by atoms with E-state index >= 15 is 0 Å². The molecule has 0 unspecified atom stereocenters. The number of likely N-dealkylation sites (tertiary alicyclic amines) is 1. The fraction of sp³-hybridized carbons (Fsp3) is 0.467. The van der Waals surface area contributed by atoms with Crippen molar-refractivity contribution in [1.29, 1.82) is 0 Å². The van der Waals surface area contributed by atoms with Crippen molar-refractivity contribution in [2.75, 3.05) is 19.6 Å². The monoisotopic (exact) mass is 213 g/mol. The van der Waals surface area contributed by atoms with E-state index in [0.717, 1.165) is 19.4 Å². The van der Waals surface area contributed by atoms with Crippen LogP contribution in [0.25, 0.3) is 0 Å². The summed E-state index contributed by atoms with van der Waals surface area (Å²) < 4.78 is 0. The third-order valence-corrected chi connectivity index (χ3v) is 3.41. The van der Waals surface area contributed by atoms with Crippen molar-refractivity contribution in [1.82, 2.24) is 4.90 Å². The summed E-state index contributed by atoms with van der Waals surface area (Å²) in [6, 6.07) is 10.8. The molecule has 0 spiro atoms. The van der Waals surface area contributed by atoms with E-state index in [4.69, 9.17) is 6.42 Å². The van der Waals surface area contributed by atoms with Crippen LogP contribution in [0, 0.1) is 12.3 Å². The first-order chi connectivity index (χ1) is 7.74. The quantitative estimate of drug-likeness (QED) is 0.549. The van der Waals surface area contributed by atoms with E-state index in [-0.39, 0.29) is 0 Å². The standard InChI is InChI=1S/C15H19N/c1-3-4-8-11-16-12-15(2,13-16)14-9-6-5-7-10-14/h1,5-7,9-10H,4,8,11-13H2,2H3. The highest BCUT2D eigenvalue weighted by Crippen LogP contribution is 2.33. The van der Waals surface area contributed by atoms with Gasteiger partial charge < -0.3 is 4.90 Å². The maximum atomic E-state index is 5.25. The molecule has 0 saturated carbocycles. The number of terminal acetylenes is 1. The second-order valence-corrected chi connectivity index (χ2v) is 4.95. The predicted octanol–water partition coefficient (Wildman–Crippen LogP) is 2.67. The lowest BCUT2D eigenvalue weighted by Gasteiger charge is -2.48. The van der Waals surface area contributed by atoms with Crippen LogP contribution in [0.15, 0.2) is 30.3 Å². The summed E-state index contributed by atoms with van der Waals surface area (Å²) >= 11 is 0. The molecule has 84 valence electrons. The van der Waals surface area contributed by atoms with Gasteiger partial charge in [-0.05, 0) is 18.5 Å². The van der Waals surface area contributed by atoms with E-state index in [0.29, 0.717) is 5.41 Å². The molecule has 0 atom stereocenters. The molecule has 0 aliphatic carbocycles. The van der Waals surface area contributed by atoms with Crippen molar-refractivity contribution in [3.05, 3.63) is 35.9 Å². The summed E-state index contributed by atoms with van der Waals surface area (Å²) in [5.74, 6) is 2.70. The van der Waals surface area contributed by atoms with Gasteiger partial charge in [0.25, 0.3) is 0 Å².